The second-order valence-corrected chi connectivity index (χ2v) is 6.89. The Morgan fingerprint density at radius 1 is 1.19 bits per heavy atom. The predicted molar refractivity (Wildman–Crippen MR) is 104 cm³/mol. The first-order valence-corrected chi connectivity index (χ1v) is 9.61. The van der Waals surface area contributed by atoms with E-state index in [1.54, 1.807) is 23.7 Å². The molecule has 2 aromatic heterocycles. The van der Waals surface area contributed by atoms with Crippen LogP contribution in [-0.4, -0.2) is 35.1 Å². The summed E-state index contributed by atoms with van der Waals surface area (Å²) in [6.07, 6.45) is 5.96. The van der Waals surface area contributed by atoms with Gasteiger partial charge in [0.2, 0.25) is 4.80 Å². The minimum absolute atomic E-state index is 0.227. The summed E-state index contributed by atoms with van der Waals surface area (Å²) in [6.45, 7) is 1.52. The Morgan fingerprint density at radius 3 is 2.85 bits per heavy atom. The van der Waals surface area contributed by atoms with Crippen LogP contribution in [0.25, 0.3) is 11.3 Å². The monoisotopic (exact) mass is 364 g/mol. The molecule has 6 heteroatoms. The molecule has 26 heavy (non-hydrogen) atoms. The van der Waals surface area contributed by atoms with Crippen molar-refractivity contribution in [1.82, 2.24) is 9.66 Å². The van der Waals surface area contributed by atoms with Gasteiger partial charge >= 0.3 is 0 Å². The van der Waals surface area contributed by atoms with E-state index in [1.165, 1.54) is 0 Å². The van der Waals surface area contributed by atoms with Crippen LogP contribution in [0.4, 0.5) is 0 Å². The van der Waals surface area contributed by atoms with Gasteiger partial charge in [-0.15, -0.1) is 11.3 Å². The summed E-state index contributed by atoms with van der Waals surface area (Å²) in [5.74, 6) is 0. The third kappa shape index (κ3) is 3.98. The number of hydrogen-bond acceptors (Lipinski definition) is 5. The first-order chi connectivity index (χ1) is 12.9. The van der Waals surface area contributed by atoms with Crippen LogP contribution in [-0.2, 0) is 4.74 Å². The van der Waals surface area contributed by atoms with Crippen molar-refractivity contribution in [3.05, 3.63) is 70.6 Å². The van der Waals surface area contributed by atoms with E-state index in [0.717, 1.165) is 41.2 Å². The summed E-state index contributed by atoms with van der Waals surface area (Å²) in [5.41, 5.74) is 2.95. The zero-order valence-corrected chi connectivity index (χ0v) is 15.2. The molecule has 0 amide bonds. The molecule has 3 aromatic rings. The minimum atomic E-state index is 0.227. The van der Waals surface area contributed by atoms with E-state index in [9.17, 15) is 0 Å². The van der Waals surface area contributed by atoms with Crippen LogP contribution in [0.3, 0.4) is 0 Å². The van der Waals surface area contributed by atoms with Crippen molar-refractivity contribution in [3.63, 3.8) is 0 Å². The van der Waals surface area contributed by atoms with Gasteiger partial charge in [0.25, 0.3) is 0 Å². The highest BCUT2D eigenvalue weighted by molar-refractivity contribution is 7.07. The topological polar surface area (TPSA) is 51.8 Å². The summed E-state index contributed by atoms with van der Waals surface area (Å²) in [7, 11) is 0. The molecule has 0 N–H and O–H groups in total. The van der Waals surface area contributed by atoms with Crippen LogP contribution in [0.2, 0.25) is 0 Å². The van der Waals surface area contributed by atoms with Crippen LogP contribution in [0, 0.1) is 0 Å². The van der Waals surface area contributed by atoms with Crippen molar-refractivity contribution in [2.45, 2.75) is 18.9 Å². The number of thiazole rings is 1. The second-order valence-electron chi connectivity index (χ2n) is 6.06. The van der Waals surface area contributed by atoms with E-state index in [1.807, 2.05) is 41.1 Å². The Hall–Kier alpha value is -2.57. The highest BCUT2D eigenvalue weighted by Gasteiger charge is 2.15. The molecule has 1 atom stereocenters. The molecule has 1 aliphatic rings. The fraction of sp³-hybridized carbons (Fsp3) is 0.250. The molecule has 132 valence electrons. The quantitative estimate of drug-likeness (QED) is 0.650. The smallest absolute Gasteiger partial charge is 0.206 e. The summed E-state index contributed by atoms with van der Waals surface area (Å²) < 4.78 is 7.58. The third-order valence-corrected chi connectivity index (χ3v) is 5.06. The van der Waals surface area contributed by atoms with E-state index < -0.39 is 0 Å². The first kappa shape index (κ1) is 16.9. The summed E-state index contributed by atoms with van der Waals surface area (Å²) in [5, 5.41) is 6.76. The van der Waals surface area contributed by atoms with Crippen LogP contribution in [0.5, 0.6) is 0 Å². The molecule has 1 aromatic carbocycles. The molecule has 1 saturated heterocycles. The average Bonchev–Trinajstić information content (AvgIpc) is 3.36. The van der Waals surface area contributed by atoms with Gasteiger partial charge in [-0.2, -0.15) is 5.10 Å². The standard InChI is InChI=1S/C20H20N4OS/c1-2-7-16(8-3-1)19-15-26-20(22-14-18-10-6-12-25-18)24(19)23-13-17-9-4-5-11-21-17/h1-5,7-9,11,13,15,18H,6,10,12,14H2/b22-20?,23-13-/t18-/m1/s1. The average molecular weight is 364 g/mol. The van der Waals surface area contributed by atoms with Crippen molar-refractivity contribution in [1.29, 1.82) is 0 Å². The number of hydrogen-bond donors (Lipinski definition) is 0. The van der Waals surface area contributed by atoms with Gasteiger partial charge in [-0.3, -0.25) is 9.98 Å². The van der Waals surface area contributed by atoms with Gasteiger partial charge < -0.3 is 4.74 Å². The van der Waals surface area contributed by atoms with Crippen LogP contribution >= 0.6 is 11.3 Å². The Balaban J connectivity index is 1.70. The Morgan fingerprint density at radius 2 is 2.08 bits per heavy atom. The molecule has 0 saturated carbocycles. The lowest BCUT2D eigenvalue weighted by molar-refractivity contribution is 0.117. The van der Waals surface area contributed by atoms with Crippen molar-refractivity contribution in [2.75, 3.05) is 13.2 Å². The number of aromatic nitrogens is 2. The van der Waals surface area contributed by atoms with Gasteiger partial charge in [0.1, 0.15) is 0 Å². The summed E-state index contributed by atoms with van der Waals surface area (Å²) in [6, 6.07) is 16.0. The van der Waals surface area contributed by atoms with Crippen molar-refractivity contribution >= 4 is 17.6 Å². The molecule has 0 aliphatic carbocycles. The normalized spacial score (nSPS) is 18.0. The lowest BCUT2D eigenvalue weighted by atomic mass is 10.2. The molecule has 0 spiro atoms. The van der Waals surface area contributed by atoms with Gasteiger partial charge in [0.05, 0.1) is 30.3 Å². The molecular weight excluding hydrogens is 344 g/mol. The zero-order chi connectivity index (χ0) is 17.6. The number of benzene rings is 1. The van der Waals surface area contributed by atoms with E-state index in [0.29, 0.717) is 6.54 Å². The predicted octanol–water partition coefficient (Wildman–Crippen LogP) is 3.57. The van der Waals surface area contributed by atoms with Crippen LogP contribution in [0.1, 0.15) is 18.5 Å². The molecular formula is C20H20N4OS. The Labute approximate surface area is 156 Å². The first-order valence-electron chi connectivity index (χ1n) is 8.73. The van der Waals surface area contributed by atoms with Gasteiger partial charge in [-0.25, -0.2) is 4.68 Å². The van der Waals surface area contributed by atoms with E-state index in [2.05, 4.69) is 27.6 Å². The van der Waals surface area contributed by atoms with Gasteiger partial charge in [0, 0.05) is 23.7 Å². The SMILES string of the molecule is C(=N/n1c(-c2ccccc2)csc1=NC[C@H]1CCCO1)/c1ccccn1. The van der Waals surface area contributed by atoms with Gasteiger partial charge in [-0.1, -0.05) is 36.4 Å². The maximum absolute atomic E-state index is 5.69. The molecule has 3 heterocycles. The van der Waals surface area contributed by atoms with Gasteiger partial charge in [0.15, 0.2) is 0 Å². The molecule has 0 unspecified atom stereocenters. The second kappa shape index (κ2) is 8.21. The lowest BCUT2D eigenvalue weighted by Gasteiger charge is -2.05. The van der Waals surface area contributed by atoms with Crippen LogP contribution < -0.4 is 4.80 Å². The summed E-state index contributed by atoms with van der Waals surface area (Å²) in [4.78, 5) is 9.95. The lowest BCUT2D eigenvalue weighted by Crippen LogP contribution is -2.17. The van der Waals surface area contributed by atoms with Crippen molar-refractivity contribution in [3.8, 4) is 11.3 Å². The highest BCUT2D eigenvalue weighted by Crippen LogP contribution is 2.20. The molecule has 0 bridgehead atoms. The largest absolute Gasteiger partial charge is 0.376 e. The van der Waals surface area contributed by atoms with E-state index in [-0.39, 0.29) is 6.10 Å². The zero-order valence-electron chi connectivity index (χ0n) is 14.4. The van der Waals surface area contributed by atoms with E-state index >= 15 is 0 Å². The molecule has 1 fully saturated rings. The molecule has 4 rings (SSSR count). The van der Waals surface area contributed by atoms with E-state index in [4.69, 9.17) is 9.73 Å². The molecule has 1 aliphatic heterocycles. The number of rotatable bonds is 5. The number of ether oxygens (including phenoxy) is 1. The number of nitrogens with zero attached hydrogens (tertiary/aromatic N) is 4. The molecule has 5 nitrogen and oxygen atoms in total. The molecule has 0 radical (unpaired) electrons. The summed E-state index contributed by atoms with van der Waals surface area (Å²) >= 11 is 1.60. The Kier molecular flexibility index (Phi) is 5.33. The number of pyridine rings is 1. The maximum atomic E-state index is 5.69. The maximum Gasteiger partial charge on any atom is 0.206 e. The Bertz CT molecular complexity index is 925. The third-order valence-electron chi connectivity index (χ3n) is 4.20. The van der Waals surface area contributed by atoms with Gasteiger partial charge in [-0.05, 0) is 25.0 Å². The van der Waals surface area contributed by atoms with Crippen LogP contribution in [0.15, 0.2) is 70.2 Å². The fourth-order valence-electron chi connectivity index (χ4n) is 2.86. The highest BCUT2D eigenvalue weighted by atomic mass is 32.1. The van der Waals surface area contributed by atoms with Crippen molar-refractivity contribution < 1.29 is 4.74 Å². The fourth-order valence-corrected chi connectivity index (χ4v) is 3.71. The minimum Gasteiger partial charge on any atom is -0.376 e. The van der Waals surface area contributed by atoms with Crippen molar-refractivity contribution in [2.24, 2.45) is 10.1 Å².